The number of thiophene rings is 1. The van der Waals surface area contributed by atoms with Gasteiger partial charge in [-0.3, -0.25) is 4.79 Å². The third-order valence-electron chi connectivity index (χ3n) is 2.91. The van der Waals surface area contributed by atoms with Crippen molar-refractivity contribution in [2.45, 2.75) is 25.4 Å². The summed E-state index contributed by atoms with van der Waals surface area (Å²) in [4.78, 5) is 13.8. The first-order chi connectivity index (χ1) is 8.36. The van der Waals surface area contributed by atoms with Crippen LogP contribution in [0.5, 0.6) is 0 Å². The average Bonchev–Trinajstić information content (AvgIpc) is 2.88. The van der Waals surface area contributed by atoms with Gasteiger partial charge in [-0.15, -0.1) is 11.3 Å². The van der Waals surface area contributed by atoms with Gasteiger partial charge in [0.15, 0.2) is 6.29 Å². The van der Waals surface area contributed by atoms with Crippen LogP contribution in [0.2, 0.25) is 0 Å². The standard InChI is InChI=1S/C13H13NO2S/c15-9-12-5-6-13(17-12)14(10-3-4-10)8-11-2-1-7-16-11/h1-2,5-7,9-10H,3-4,8H2. The van der Waals surface area contributed by atoms with Gasteiger partial charge in [0.25, 0.3) is 0 Å². The summed E-state index contributed by atoms with van der Waals surface area (Å²) in [7, 11) is 0. The highest BCUT2D eigenvalue weighted by atomic mass is 32.1. The first-order valence-corrected chi connectivity index (χ1v) is 6.52. The summed E-state index contributed by atoms with van der Waals surface area (Å²) in [6.45, 7) is 0.788. The lowest BCUT2D eigenvalue weighted by molar-refractivity contribution is 0.112. The Bertz CT molecular complexity index is 499. The number of hydrogen-bond donors (Lipinski definition) is 0. The molecule has 0 aliphatic heterocycles. The molecule has 0 atom stereocenters. The van der Waals surface area contributed by atoms with Gasteiger partial charge >= 0.3 is 0 Å². The maximum Gasteiger partial charge on any atom is 0.160 e. The number of nitrogens with zero attached hydrogens (tertiary/aromatic N) is 1. The van der Waals surface area contributed by atoms with E-state index in [1.54, 1.807) is 17.6 Å². The fourth-order valence-corrected chi connectivity index (χ4v) is 2.80. The van der Waals surface area contributed by atoms with E-state index in [9.17, 15) is 4.79 Å². The van der Waals surface area contributed by atoms with Crippen LogP contribution >= 0.6 is 11.3 Å². The zero-order valence-corrected chi connectivity index (χ0v) is 10.2. The van der Waals surface area contributed by atoms with Crippen LogP contribution in [-0.4, -0.2) is 12.3 Å². The Balaban J connectivity index is 1.82. The maximum atomic E-state index is 10.7. The quantitative estimate of drug-likeness (QED) is 0.760. The molecule has 3 nitrogen and oxygen atoms in total. The summed E-state index contributed by atoms with van der Waals surface area (Å²) in [5, 5.41) is 1.16. The molecule has 17 heavy (non-hydrogen) atoms. The van der Waals surface area contributed by atoms with Crippen LogP contribution in [0.4, 0.5) is 5.00 Å². The molecule has 0 spiro atoms. The second kappa shape index (κ2) is 4.37. The Hall–Kier alpha value is -1.55. The van der Waals surface area contributed by atoms with Crippen LogP contribution in [0, 0.1) is 0 Å². The van der Waals surface area contributed by atoms with Gasteiger partial charge in [-0.1, -0.05) is 0 Å². The molecule has 0 saturated heterocycles. The van der Waals surface area contributed by atoms with E-state index in [0.29, 0.717) is 6.04 Å². The third kappa shape index (κ3) is 2.26. The minimum Gasteiger partial charge on any atom is -0.467 e. The summed E-state index contributed by atoms with van der Waals surface area (Å²) < 4.78 is 5.39. The van der Waals surface area contributed by atoms with Crippen molar-refractivity contribution < 1.29 is 9.21 Å². The van der Waals surface area contributed by atoms with Crippen molar-refractivity contribution in [1.82, 2.24) is 0 Å². The Kier molecular flexibility index (Phi) is 2.73. The largest absolute Gasteiger partial charge is 0.467 e. The highest BCUT2D eigenvalue weighted by Crippen LogP contribution is 2.36. The summed E-state index contributed by atoms with van der Waals surface area (Å²) in [5.74, 6) is 0.970. The van der Waals surface area contributed by atoms with Crippen molar-refractivity contribution in [3.05, 3.63) is 41.2 Å². The predicted molar refractivity (Wildman–Crippen MR) is 67.6 cm³/mol. The van der Waals surface area contributed by atoms with Crippen molar-refractivity contribution in [1.29, 1.82) is 0 Å². The van der Waals surface area contributed by atoms with Crippen LogP contribution in [-0.2, 0) is 6.54 Å². The molecule has 0 N–H and O–H groups in total. The van der Waals surface area contributed by atoms with Crippen molar-refractivity contribution >= 4 is 22.6 Å². The number of carbonyl (C=O) groups is 1. The van der Waals surface area contributed by atoms with Crippen LogP contribution in [0.25, 0.3) is 0 Å². The number of rotatable bonds is 5. The molecule has 2 heterocycles. The van der Waals surface area contributed by atoms with Gasteiger partial charge < -0.3 is 9.32 Å². The van der Waals surface area contributed by atoms with Gasteiger partial charge in [0.1, 0.15) is 5.76 Å². The van der Waals surface area contributed by atoms with Crippen molar-refractivity contribution in [3.63, 3.8) is 0 Å². The van der Waals surface area contributed by atoms with Crippen LogP contribution in [0.3, 0.4) is 0 Å². The second-order valence-corrected chi connectivity index (χ2v) is 5.33. The lowest BCUT2D eigenvalue weighted by Crippen LogP contribution is -2.23. The normalized spacial score (nSPS) is 14.8. The van der Waals surface area contributed by atoms with Crippen LogP contribution < -0.4 is 4.90 Å². The minimum atomic E-state index is 0.609. The van der Waals surface area contributed by atoms with E-state index in [1.807, 2.05) is 24.3 Å². The molecule has 3 rings (SSSR count). The highest BCUT2D eigenvalue weighted by molar-refractivity contribution is 7.17. The average molecular weight is 247 g/mol. The van der Waals surface area contributed by atoms with Gasteiger partial charge in [0.2, 0.25) is 0 Å². The summed E-state index contributed by atoms with van der Waals surface area (Å²) in [6, 6.07) is 8.41. The first kappa shape index (κ1) is 10.6. The molecule has 1 saturated carbocycles. The van der Waals surface area contributed by atoms with Gasteiger partial charge in [0.05, 0.1) is 22.7 Å². The van der Waals surface area contributed by atoms with E-state index in [1.165, 1.54) is 12.8 Å². The van der Waals surface area contributed by atoms with E-state index in [-0.39, 0.29) is 0 Å². The Morgan fingerprint density at radius 3 is 2.88 bits per heavy atom. The number of aldehydes is 1. The Morgan fingerprint density at radius 1 is 1.41 bits per heavy atom. The number of furan rings is 1. The molecule has 0 amide bonds. The van der Waals surface area contributed by atoms with E-state index in [2.05, 4.69) is 4.90 Å². The summed E-state index contributed by atoms with van der Waals surface area (Å²) >= 11 is 1.55. The number of hydrogen-bond acceptors (Lipinski definition) is 4. The molecule has 2 aromatic heterocycles. The molecule has 1 aliphatic carbocycles. The molecule has 0 bridgehead atoms. The third-order valence-corrected chi connectivity index (χ3v) is 3.95. The van der Waals surface area contributed by atoms with Crippen molar-refractivity contribution in [2.24, 2.45) is 0 Å². The maximum absolute atomic E-state index is 10.7. The lowest BCUT2D eigenvalue weighted by Gasteiger charge is -2.21. The van der Waals surface area contributed by atoms with Gasteiger partial charge in [0, 0.05) is 6.04 Å². The molecule has 1 aliphatic rings. The smallest absolute Gasteiger partial charge is 0.160 e. The van der Waals surface area contributed by atoms with E-state index < -0.39 is 0 Å². The SMILES string of the molecule is O=Cc1ccc(N(Cc2ccco2)C2CC2)s1. The van der Waals surface area contributed by atoms with Crippen LogP contribution in [0.1, 0.15) is 28.3 Å². The molecule has 2 aromatic rings. The second-order valence-electron chi connectivity index (χ2n) is 4.23. The molecule has 0 radical (unpaired) electrons. The Morgan fingerprint density at radius 2 is 2.29 bits per heavy atom. The molecular weight excluding hydrogens is 234 g/mol. The zero-order chi connectivity index (χ0) is 11.7. The molecule has 88 valence electrons. The fraction of sp³-hybridized carbons (Fsp3) is 0.308. The van der Waals surface area contributed by atoms with Crippen molar-refractivity contribution in [3.8, 4) is 0 Å². The monoisotopic (exact) mass is 247 g/mol. The van der Waals surface area contributed by atoms with Crippen molar-refractivity contribution in [2.75, 3.05) is 4.90 Å². The zero-order valence-electron chi connectivity index (χ0n) is 9.33. The molecular formula is C13H13NO2S. The minimum absolute atomic E-state index is 0.609. The summed E-state index contributed by atoms with van der Waals surface area (Å²) in [6.07, 6.45) is 5.07. The Labute approximate surface area is 104 Å². The number of carbonyl (C=O) groups excluding carboxylic acids is 1. The summed E-state index contributed by atoms with van der Waals surface area (Å²) in [5.41, 5.74) is 0. The number of anilines is 1. The van der Waals surface area contributed by atoms with Gasteiger partial charge in [-0.05, 0) is 37.1 Å². The first-order valence-electron chi connectivity index (χ1n) is 5.71. The molecule has 4 heteroatoms. The van der Waals surface area contributed by atoms with E-state index in [0.717, 1.165) is 28.5 Å². The fourth-order valence-electron chi connectivity index (χ4n) is 1.90. The predicted octanol–water partition coefficient (Wildman–Crippen LogP) is 3.32. The van der Waals surface area contributed by atoms with E-state index in [4.69, 9.17) is 4.42 Å². The van der Waals surface area contributed by atoms with Gasteiger partial charge in [-0.2, -0.15) is 0 Å². The topological polar surface area (TPSA) is 33.5 Å². The molecule has 0 aromatic carbocycles. The molecule has 0 unspecified atom stereocenters. The highest BCUT2D eigenvalue weighted by Gasteiger charge is 2.30. The lowest BCUT2D eigenvalue weighted by atomic mass is 10.4. The van der Waals surface area contributed by atoms with Gasteiger partial charge in [-0.25, -0.2) is 0 Å². The molecule has 1 fully saturated rings. The van der Waals surface area contributed by atoms with E-state index >= 15 is 0 Å². The van der Waals surface area contributed by atoms with Crippen LogP contribution in [0.15, 0.2) is 34.9 Å².